The molecule has 1 aromatic carbocycles. The Morgan fingerprint density at radius 1 is 1.08 bits per heavy atom. The van der Waals surface area contributed by atoms with Crippen LogP contribution in [-0.2, 0) is 13.0 Å². The van der Waals surface area contributed by atoms with Crippen LogP contribution in [0.1, 0.15) is 17.5 Å². The summed E-state index contributed by atoms with van der Waals surface area (Å²) in [6.07, 6.45) is 3.74. The van der Waals surface area contributed by atoms with Gasteiger partial charge in [0.1, 0.15) is 18.0 Å². The lowest BCUT2D eigenvalue weighted by atomic mass is 10.00. The number of rotatable bonds is 5. The third-order valence-corrected chi connectivity index (χ3v) is 4.67. The summed E-state index contributed by atoms with van der Waals surface area (Å²) in [5.41, 5.74) is 9.31. The number of nitrogens with zero attached hydrogens (tertiary/aromatic N) is 4. The second kappa shape index (κ2) is 7.03. The van der Waals surface area contributed by atoms with Gasteiger partial charge in [0.2, 0.25) is 0 Å². The molecule has 6 heteroatoms. The highest BCUT2D eigenvalue weighted by Crippen LogP contribution is 2.20. The number of nitrogen functional groups attached to an aromatic ring is 1. The Balaban J connectivity index is 1.32. The molecule has 1 aliphatic rings. The van der Waals surface area contributed by atoms with Crippen molar-refractivity contribution in [1.29, 1.82) is 0 Å². The smallest absolute Gasteiger partial charge is 0.166 e. The maximum absolute atomic E-state index is 5.71. The van der Waals surface area contributed by atoms with Crippen LogP contribution in [0.5, 0.6) is 0 Å². The van der Waals surface area contributed by atoms with Gasteiger partial charge in [-0.15, -0.1) is 0 Å². The highest BCUT2D eigenvalue weighted by Gasteiger charge is 2.14. The summed E-state index contributed by atoms with van der Waals surface area (Å²) in [5, 5.41) is 4.31. The molecule has 0 atom stereocenters. The number of benzene rings is 1. The van der Waals surface area contributed by atoms with Crippen LogP contribution in [-0.4, -0.2) is 39.5 Å². The van der Waals surface area contributed by atoms with E-state index < -0.39 is 0 Å². The Hall–Kier alpha value is -2.73. The van der Waals surface area contributed by atoms with Crippen molar-refractivity contribution in [3.05, 3.63) is 53.9 Å². The van der Waals surface area contributed by atoms with Crippen LogP contribution in [0.15, 0.2) is 42.7 Å². The minimum atomic E-state index is 0.475. The molecule has 1 aliphatic heterocycles. The highest BCUT2D eigenvalue weighted by atomic mass is 15.1. The predicted molar refractivity (Wildman–Crippen MR) is 100 cm³/mol. The lowest BCUT2D eigenvalue weighted by Gasteiger charge is -2.28. The molecule has 0 unspecified atom stereocenters. The standard InChI is InChI=1S/C19H22N6/c20-17-7-6-16-18(22-13-23-19(16)24-17)21-9-3-10-25-11-8-14-4-1-2-5-15(14)12-25/h1-2,4-7,13H,3,8-12H2,(H3,20,21,22,23,24). The van der Waals surface area contributed by atoms with E-state index in [1.54, 1.807) is 6.07 Å². The average Bonchev–Trinajstić information content (AvgIpc) is 2.65. The van der Waals surface area contributed by atoms with Crippen molar-refractivity contribution in [3.63, 3.8) is 0 Å². The SMILES string of the molecule is Nc1ccc2c(NCCCN3CCc4ccccc4C3)ncnc2n1. The van der Waals surface area contributed by atoms with Crippen LogP contribution >= 0.6 is 0 Å². The zero-order valence-electron chi connectivity index (χ0n) is 14.2. The number of hydrogen-bond donors (Lipinski definition) is 2. The first-order chi connectivity index (χ1) is 12.3. The summed E-state index contributed by atoms with van der Waals surface area (Å²) in [6.45, 7) is 4.14. The molecule has 0 saturated carbocycles. The minimum absolute atomic E-state index is 0.475. The fraction of sp³-hybridized carbons (Fsp3) is 0.316. The van der Waals surface area contributed by atoms with Gasteiger partial charge < -0.3 is 11.1 Å². The molecule has 0 amide bonds. The molecule has 3 aromatic rings. The largest absolute Gasteiger partial charge is 0.384 e. The monoisotopic (exact) mass is 334 g/mol. The van der Waals surface area contributed by atoms with E-state index in [1.807, 2.05) is 6.07 Å². The summed E-state index contributed by atoms with van der Waals surface area (Å²) in [5.74, 6) is 1.30. The van der Waals surface area contributed by atoms with Crippen molar-refractivity contribution in [2.45, 2.75) is 19.4 Å². The van der Waals surface area contributed by atoms with Gasteiger partial charge in [-0.3, -0.25) is 4.90 Å². The zero-order chi connectivity index (χ0) is 17.1. The van der Waals surface area contributed by atoms with Gasteiger partial charge in [0, 0.05) is 26.2 Å². The van der Waals surface area contributed by atoms with Gasteiger partial charge in [-0.2, -0.15) is 0 Å². The van der Waals surface area contributed by atoms with Gasteiger partial charge in [0.05, 0.1) is 5.39 Å². The molecule has 0 saturated heterocycles. The summed E-state index contributed by atoms with van der Waals surface area (Å²) in [6, 6.07) is 12.4. The predicted octanol–water partition coefficient (Wildman–Crippen LogP) is 2.47. The maximum atomic E-state index is 5.71. The first kappa shape index (κ1) is 15.8. The van der Waals surface area contributed by atoms with Gasteiger partial charge >= 0.3 is 0 Å². The number of fused-ring (bicyclic) bond motifs is 2. The molecule has 3 heterocycles. The number of nitrogens with two attached hydrogens (primary N) is 1. The average molecular weight is 334 g/mol. The van der Waals surface area contributed by atoms with E-state index in [4.69, 9.17) is 5.73 Å². The molecule has 0 aliphatic carbocycles. The Bertz CT molecular complexity index is 879. The van der Waals surface area contributed by atoms with Gasteiger partial charge in [-0.25, -0.2) is 15.0 Å². The quantitative estimate of drug-likeness (QED) is 0.698. The Morgan fingerprint density at radius 2 is 1.96 bits per heavy atom. The zero-order valence-corrected chi connectivity index (χ0v) is 14.2. The van der Waals surface area contributed by atoms with Crippen LogP contribution in [0.4, 0.5) is 11.6 Å². The molecule has 25 heavy (non-hydrogen) atoms. The first-order valence-corrected chi connectivity index (χ1v) is 8.70. The molecule has 0 spiro atoms. The molecule has 3 N–H and O–H groups in total. The molecule has 0 bridgehead atoms. The van der Waals surface area contributed by atoms with Crippen LogP contribution < -0.4 is 11.1 Å². The van der Waals surface area contributed by atoms with Crippen molar-refractivity contribution in [2.24, 2.45) is 0 Å². The molecule has 128 valence electrons. The van der Waals surface area contributed by atoms with Crippen molar-refractivity contribution >= 4 is 22.7 Å². The van der Waals surface area contributed by atoms with Crippen LogP contribution in [0.3, 0.4) is 0 Å². The van der Waals surface area contributed by atoms with Crippen molar-refractivity contribution in [3.8, 4) is 0 Å². The summed E-state index contributed by atoms with van der Waals surface area (Å²) >= 11 is 0. The van der Waals surface area contributed by atoms with E-state index in [9.17, 15) is 0 Å². The second-order valence-corrected chi connectivity index (χ2v) is 6.40. The van der Waals surface area contributed by atoms with Gasteiger partial charge in [-0.05, 0) is 36.1 Å². The van der Waals surface area contributed by atoms with E-state index in [0.717, 1.165) is 50.2 Å². The number of nitrogens with one attached hydrogen (secondary N) is 1. The van der Waals surface area contributed by atoms with Crippen LogP contribution in [0, 0.1) is 0 Å². The minimum Gasteiger partial charge on any atom is -0.384 e. The highest BCUT2D eigenvalue weighted by molar-refractivity contribution is 5.86. The second-order valence-electron chi connectivity index (χ2n) is 6.40. The molecule has 4 rings (SSSR count). The van der Waals surface area contributed by atoms with Crippen molar-refractivity contribution in [2.75, 3.05) is 30.7 Å². The fourth-order valence-electron chi connectivity index (χ4n) is 3.35. The lowest BCUT2D eigenvalue weighted by molar-refractivity contribution is 0.253. The number of pyridine rings is 1. The van der Waals surface area contributed by atoms with Gasteiger partial charge in [0.15, 0.2) is 5.65 Å². The molecule has 0 radical (unpaired) electrons. The summed E-state index contributed by atoms with van der Waals surface area (Å²) in [7, 11) is 0. The van der Waals surface area contributed by atoms with Crippen molar-refractivity contribution < 1.29 is 0 Å². The van der Waals surface area contributed by atoms with E-state index in [2.05, 4.69) is 49.4 Å². The summed E-state index contributed by atoms with van der Waals surface area (Å²) < 4.78 is 0. The molecule has 2 aromatic heterocycles. The van der Waals surface area contributed by atoms with Gasteiger partial charge in [-0.1, -0.05) is 24.3 Å². The Labute approximate surface area is 147 Å². The Morgan fingerprint density at radius 3 is 2.88 bits per heavy atom. The van der Waals surface area contributed by atoms with Crippen LogP contribution in [0.2, 0.25) is 0 Å². The number of anilines is 2. The van der Waals surface area contributed by atoms with Crippen LogP contribution in [0.25, 0.3) is 11.0 Å². The first-order valence-electron chi connectivity index (χ1n) is 8.70. The topological polar surface area (TPSA) is 80.0 Å². The van der Waals surface area contributed by atoms with E-state index in [1.165, 1.54) is 17.5 Å². The Kier molecular flexibility index (Phi) is 4.43. The summed E-state index contributed by atoms with van der Waals surface area (Å²) in [4.78, 5) is 15.3. The molecule has 0 fully saturated rings. The maximum Gasteiger partial charge on any atom is 0.166 e. The van der Waals surface area contributed by atoms with E-state index in [-0.39, 0.29) is 0 Å². The fourth-order valence-corrected chi connectivity index (χ4v) is 3.35. The normalized spacial score (nSPS) is 14.4. The molecular formula is C19H22N6. The number of hydrogen-bond acceptors (Lipinski definition) is 6. The third-order valence-electron chi connectivity index (χ3n) is 4.67. The van der Waals surface area contributed by atoms with Gasteiger partial charge in [0.25, 0.3) is 0 Å². The van der Waals surface area contributed by atoms with Crippen molar-refractivity contribution in [1.82, 2.24) is 19.9 Å². The van der Waals surface area contributed by atoms with E-state index >= 15 is 0 Å². The molecule has 6 nitrogen and oxygen atoms in total. The van der Waals surface area contributed by atoms with E-state index in [0.29, 0.717) is 11.5 Å². The molecular weight excluding hydrogens is 312 g/mol. The third kappa shape index (κ3) is 3.53. The lowest BCUT2D eigenvalue weighted by Crippen LogP contribution is -2.32. The number of aromatic nitrogens is 3.